The molecule has 6 heteroatoms. The molecule has 0 spiro atoms. The molecule has 2 heterocycles. The van der Waals surface area contributed by atoms with Crippen molar-refractivity contribution >= 4 is 5.69 Å². The number of nitro groups is 1. The number of imidazole rings is 1. The average molecular weight is 362 g/mol. The molecule has 1 fully saturated rings. The largest absolute Gasteiger partial charge is 0.341 e. The van der Waals surface area contributed by atoms with Gasteiger partial charge in [-0.2, -0.15) is 0 Å². The Hall–Kier alpha value is -2.99. The van der Waals surface area contributed by atoms with E-state index in [-0.39, 0.29) is 16.7 Å². The van der Waals surface area contributed by atoms with Crippen LogP contribution in [0.4, 0.5) is 5.69 Å². The molecule has 0 bridgehead atoms. The van der Waals surface area contributed by atoms with Crippen LogP contribution in [0.1, 0.15) is 35.8 Å². The number of rotatable bonds is 5. The number of nitrogens with zero attached hydrogens (tertiary/aromatic N) is 3. The molecule has 1 aromatic heterocycles. The smallest absolute Gasteiger partial charge is 0.273 e. The third-order valence-corrected chi connectivity index (χ3v) is 5.17. The Morgan fingerprint density at radius 2 is 2.11 bits per heavy atom. The zero-order valence-corrected chi connectivity index (χ0v) is 15.3. The van der Waals surface area contributed by atoms with E-state index in [2.05, 4.69) is 40.0 Å². The standard InChI is InChI=1S/C21H22N4O2/c1-15-6-4-8-16(12-15)18-13-22-21(23-18)20-10-5-11-24(20)14-17-7-2-3-9-19(17)25(26)27/h2-4,6-9,12-13,20H,5,10-11,14H2,1H3,(H,22,23). The van der Waals surface area contributed by atoms with Crippen LogP contribution >= 0.6 is 0 Å². The number of nitro benzene ring substituents is 1. The maximum Gasteiger partial charge on any atom is 0.273 e. The Labute approximate surface area is 158 Å². The number of para-hydroxylation sites is 1. The van der Waals surface area contributed by atoms with Crippen molar-refractivity contribution < 1.29 is 4.92 Å². The van der Waals surface area contributed by atoms with E-state index in [4.69, 9.17) is 0 Å². The molecule has 1 saturated heterocycles. The molecule has 1 N–H and O–H groups in total. The maximum atomic E-state index is 11.3. The van der Waals surface area contributed by atoms with E-state index in [1.807, 2.05) is 24.4 Å². The Bertz CT molecular complexity index is 966. The van der Waals surface area contributed by atoms with E-state index < -0.39 is 0 Å². The Morgan fingerprint density at radius 1 is 1.26 bits per heavy atom. The van der Waals surface area contributed by atoms with E-state index >= 15 is 0 Å². The minimum Gasteiger partial charge on any atom is -0.341 e. The topological polar surface area (TPSA) is 75.1 Å². The molecule has 1 aliphatic heterocycles. The van der Waals surface area contributed by atoms with Gasteiger partial charge in [0, 0.05) is 18.2 Å². The second-order valence-electron chi connectivity index (χ2n) is 7.07. The number of H-pyrrole nitrogens is 1. The predicted octanol–water partition coefficient (Wildman–Crippen LogP) is 4.63. The van der Waals surface area contributed by atoms with Crippen molar-refractivity contribution in [2.24, 2.45) is 0 Å². The summed E-state index contributed by atoms with van der Waals surface area (Å²) < 4.78 is 0. The first-order chi connectivity index (χ1) is 13.1. The van der Waals surface area contributed by atoms with Crippen LogP contribution < -0.4 is 0 Å². The van der Waals surface area contributed by atoms with Crippen molar-refractivity contribution in [2.45, 2.75) is 32.4 Å². The van der Waals surface area contributed by atoms with Gasteiger partial charge in [0.1, 0.15) is 5.82 Å². The summed E-state index contributed by atoms with van der Waals surface area (Å²) in [6.45, 7) is 3.55. The van der Waals surface area contributed by atoms with E-state index in [9.17, 15) is 10.1 Å². The highest BCUT2D eigenvalue weighted by Gasteiger charge is 2.30. The number of aromatic amines is 1. The van der Waals surface area contributed by atoms with Crippen LogP contribution in [-0.4, -0.2) is 26.3 Å². The molecular weight excluding hydrogens is 340 g/mol. The van der Waals surface area contributed by atoms with Gasteiger partial charge in [0.15, 0.2) is 0 Å². The second-order valence-corrected chi connectivity index (χ2v) is 7.07. The zero-order valence-electron chi connectivity index (χ0n) is 15.3. The van der Waals surface area contributed by atoms with Gasteiger partial charge >= 0.3 is 0 Å². The van der Waals surface area contributed by atoms with E-state index in [0.717, 1.165) is 42.0 Å². The highest BCUT2D eigenvalue weighted by Crippen LogP contribution is 2.34. The van der Waals surface area contributed by atoms with Crippen LogP contribution in [0.15, 0.2) is 54.7 Å². The van der Waals surface area contributed by atoms with E-state index in [1.165, 1.54) is 5.56 Å². The van der Waals surface area contributed by atoms with Crippen LogP contribution in [-0.2, 0) is 6.54 Å². The van der Waals surface area contributed by atoms with Crippen molar-refractivity contribution in [2.75, 3.05) is 6.54 Å². The number of nitrogens with one attached hydrogen (secondary N) is 1. The van der Waals surface area contributed by atoms with Crippen molar-refractivity contribution in [1.29, 1.82) is 0 Å². The first-order valence-electron chi connectivity index (χ1n) is 9.20. The highest BCUT2D eigenvalue weighted by molar-refractivity contribution is 5.59. The lowest BCUT2D eigenvalue weighted by atomic mass is 10.1. The second kappa shape index (κ2) is 7.32. The summed E-state index contributed by atoms with van der Waals surface area (Å²) in [6.07, 6.45) is 3.94. The van der Waals surface area contributed by atoms with Gasteiger partial charge in [-0.15, -0.1) is 0 Å². The molecule has 6 nitrogen and oxygen atoms in total. The first kappa shape index (κ1) is 17.4. The van der Waals surface area contributed by atoms with Gasteiger partial charge in [-0.1, -0.05) is 42.0 Å². The van der Waals surface area contributed by atoms with Gasteiger partial charge in [-0.3, -0.25) is 15.0 Å². The quantitative estimate of drug-likeness (QED) is 0.530. The monoisotopic (exact) mass is 362 g/mol. The predicted molar refractivity (Wildman–Crippen MR) is 104 cm³/mol. The highest BCUT2D eigenvalue weighted by atomic mass is 16.6. The molecule has 1 atom stereocenters. The zero-order chi connectivity index (χ0) is 18.8. The van der Waals surface area contributed by atoms with Gasteiger partial charge in [-0.05, 0) is 37.9 Å². The summed E-state index contributed by atoms with van der Waals surface area (Å²) >= 11 is 0. The number of likely N-dealkylation sites (tertiary alicyclic amines) is 1. The fourth-order valence-electron chi connectivity index (χ4n) is 3.83. The number of aromatic nitrogens is 2. The summed E-state index contributed by atoms with van der Waals surface area (Å²) in [5.74, 6) is 0.933. The fraction of sp³-hybridized carbons (Fsp3) is 0.286. The maximum absolute atomic E-state index is 11.3. The normalized spacial score (nSPS) is 17.3. The van der Waals surface area contributed by atoms with Crippen molar-refractivity contribution in [3.8, 4) is 11.3 Å². The number of benzene rings is 2. The van der Waals surface area contributed by atoms with Crippen molar-refractivity contribution in [3.05, 3.63) is 81.8 Å². The average Bonchev–Trinajstić information content (AvgIpc) is 3.31. The first-order valence-corrected chi connectivity index (χ1v) is 9.20. The molecule has 2 aromatic carbocycles. The molecule has 0 amide bonds. The van der Waals surface area contributed by atoms with Crippen LogP contribution in [0.2, 0.25) is 0 Å². The Kier molecular flexibility index (Phi) is 4.73. The molecule has 4 rings (SSSR count). The SMILES string of the molecule is Cc1cccc(-c2cnc(C3CCCN3Cc3ccccc3[N+](=O)[O-])[nH]2)c1. The van der Waals surface area contributed by atoms with E-state index in [1.54, 1.807) is 12.1 Å². The van der Waals surface area contributed by atoms with Crippen molar-refractivity contribution in [3.63, 3.8) is 0 Å². The summed E-state index contributed by atoms with van der Waals surface area (Å²) in [4.78, 5) is 21.4. The molecule has 138 valence electrons. The molecule has 0 aliphatic carbocycles. The third kappa shape index (κ3) is 3.61. The number of hydrogen-bond acceptors (Lipinski definition) is 4. The Morgan fingerprint density at radius 3 is 2.93 bits per heavy atom. The minimum absolute atomic E-state index is 0.156. The summed E-state index contributed by atoms with van der Waals surface area (Å²) in [5, 5.41) is 11.3. The summed E-state index contributed by atoms with van der Waals surface area (Å²) in [5.41, 5.74) is 4.27. The fourth-order valence-corrected chi connectivity index (χ4v) is 3.83. The van der Waals surface area contributed by atoms with Gasteiger partial charge in [0.25, 0.3) is 5.69 Å². The van der Waals surface area contributed by atoms with Gasteiger partial charge in [0.05, 0.1) is 22.9 Å². The summed E-state index contributed by atoms with van der Waals surface area (Å²) in [6, 6.07) is 15.5. The molecule has 0 saturated carbocycles. The van der Waals surface area contributed by atoms with Crippen LogP contribution in [0.25, 0.3) is 11.3 Å². The molecule has 1 unspecified atom stereocenters. The molecule has 1 aliphatic rings. The Balaban J connectivity index is 1.57. The molecule has 3 aromatic rings. The third-order valence-electron chi connectivity index (χ3n) is 5.17. The lowest BCUT2D eigenvalue weighted by molar-refractivity contribution is -0.385. The minimum atomic E-state index is -0.302. The number of hydrogen-bond donors (Lipinski definition) is 1. The van der Waals surface area contributed by atoms with Crippen LogP contribution in [0, 0.1) is 17.0 Å². The van der Waals surface area contributed by atoms with Gasteiger partial charge < -0.3 is 4.98 Å². The molecule has 0 radical (unpaired) electrons. The van der Waals surface area contributed by atoms with Gasteiger partial charge in [-0.25, -0.2) is 4.98 Å². The lowest BCUT2D eigenvalue weighted by Gasteiger charge is -2.22. The molecule has 27 heavy (non-hydrogen) atoms. The molecular formula is C21H22N4O2. The van der Waals surface area contributed by atoms with Gasteiger partial charge in [0.2, 0.25) is 0 Å². The van der Waals surface area contributed by atoms with Crippen LogP contribution in [0.3, 0.4) is 0 Å². The lowest BCUT2D eigenvalue weighted by Crippen LogP contribution is -2.24. The van der Waals surface area contributed by atoms with Crippen LogP contribution in [0.5, 0.6) is 0 Å². The summed E-state index contributed by atoms with van der Waals surface area (Å²) in [7, 11) is 0. The number of aryl methyl sites for hydroxylation is 1. The van der Waals surface area contributed by atoms with Crippen molar-refractivity contribution in [1.82, 2.24) is 14.9 Å². The van der Waals surface area contributed by atoms with E-state index in [0.29, 0.717) is 6.54 Å².